The molecule has 0 radical (unpaired) electrons. The number of hydrogen-bond acceptors (Lipinski definition) is 2. The van der Waals surface area contributed by atoms with Crippen LogP contribution in [0.5, 0.6) is 0 Å². The van der Waals surface area contributed by atoms with E-state index in [0.29, 0.717) is 17.4 Å². The van der Waals surface area contributed by atoms with Gasteiger partial charge in [-0.3, -0.25) is 4.79 Å². The van der Waals surface area contributed by atoms with Gasteiger partial charge in [0, 0.05) is 6.42 Å². The van der Waals surface area contributed by atoms with Gasteiger partial charge in [0.25, 0.3) is 0 Å². The molecule has 0 saturated heterocycles. The minimum Gasteiger partial charge on any atom is -0.481 e. The number of allylic oxidation sites excluding steroid dienone is 1. The molecule has 0 spiro atoms. The van der Waals surface area contributed by atoms with Crippen LogP contribution in [-0.4, -0.2) is 54.0 Å². The molecule has 0 amide bonds. The summed E-state index contributed by atoms with van der Waals surface area (Å²) in [5.41, 5.74) is 0. The average Bonchev–Trinajstić information content (AvgIpc) is 2.31. The predicted octanol–water partition coefficient (Wildman–Crippen LogP) is 2.28. The number of carboxylic acid groups (broad SMARTS) is 1. The highest BCUT2D eigenvalue weighted by Crippen LogP contribution is 2.09. The number of aliphatic hydroxyl groups is 1. The molecule has 4 heteroatoms. The number of hydrogen-bond donors (Lipinski definition) is 2. The zero-order chi connectivity index (χ0) is 14.9. The maximum Gasteiger partial charge on any atom is 0.306 e. The van der Waals surface area contributed by atoms with Gasteiger partial charge in [0.05, 0.1) is 26.6 Å². The molecule has 2 unspecified atom stereocenters. The van der Waals surface area contributed by atoms with Crippen molar-refractivity contribution < 1.29 is 19.5 Å². The second-order valence-electron chi connectivity index (χ2n) is 6.01. The predicted molar refractivity (Wildman–Crippen MR) is 77.9 cm³/mol. The van der Waals surface area contributed by atoms with E-state index in [1.807, 2.05) is 26.2 Å². The number of rotatable bonds is 10. The zero-order valence-electron chi connectivity index (χ0n) is 12.8. The molecular formula is C15H30NO3+. The summed E-state index contributed by atoms with van der Waals surface area (Å²) in [6.45, 7) is 5.25. The fourth-order valence-electron chi connectivity index (χ4n) is 1.90. The van der Waals surface area contributed by atoms with E-state index >= 15 is 0 Å². The average molecular weight is 272 g/mol. The van der Waals surface area contributed by atoms with Crippen LogP contribution in [0.4, 0.5) is 0 Å². The van der Waals surface area contributed by atoms with Gasteiger partial charge in [-0.2, -0.15) is 0 Å². The summed E-state index contributed by atoms with van der Waals surface area (Å²) >= 11 is 0. The van der Waals surface area contributed by atoms with E-state index < -0.39 is 12.1 Å². The number of carbonyl (C=O) groups is 1. The van der Waals surface area contributed by atoms with Crippen LogP contribution in [0.1, 0.15) is 39.5 Å². The Morgan fingerprint density at radius 2 is 2.00 bits per heavy atom. The van der Waals surface area contributed by atoms with Crippen molar-refractivity contribution in [1.82, 2.24) is 0 Å². The Hall–Kier alpha value is -0.870. The van der Waals surface area contributed by atoms with Gasteiger partial charge in [-0.25, -0.2) is 0 Å². The normalized spacial score (nSPS) is 15.6. The monoisotopic (exact) mass is 272 g/mol. The lowest BCUT2D eigenvalue weighted by molar-refractivity contribution is -0.893. The molecule has 0 aliphatic carbocycles. The molecule has 0 fully saturated rings. The van der Waals surface area contributed by atoms with Crippen molar-refractivity contribution >= 4 is 5.97 Å². The third-order valence-corrected chi connectivity index (χ3v) is 3.35. The van der Waals surface area contributed by atoms with Gasteiger partial charge in [0.15, 0.2) is 0 Å². The Kier molecular flexibility index (Phi) is 8.68. The molecule has 0 bridgehead atoms. The van der Waals surface area contributed by atoms with E-state index in [9.17, 15) is 9.90 Å². The molecule has 0 saturated carbocycles. The lowest BCUT2D eigenvalue weighted by Gasteiger charge is -2.31. The highest BCUT2D eigenvalue weighted by atomic mass is 16.4. The van der Waals surface area contributed by atoms with E-state index in [0.717, 1.165) is 25.8 Å². The van der Waals surface area contributed by atoms with Crippen molar-refractivity contribution in [1.29, 1.82) is 0 Å². The van der Waals surface area contributed by atoms with Crippen LogP contribution < -0.4 is 0 Å². The number of aliphatic hydroxyl groups excluding tert-OH is 1. The lowest BCUT2D eigenvalue weighted by atomic mass is 10.1. The van der Waals surface area contributed by atoms with Crippen molar-refractivity contribution in [3.63, 3.8) is 0 Å². The maximum atomic E-state index is 10.8. The summed E-state index contributed by atoms with van der Waals surface area (Å²) in [4.78, 5) is 10.8. The second kappa shape index (κ2) is 9.10. The molecule has 0 heterocycles. The standard InChI is InChI=1S/C15H29NO3/c1-5-6-7-8-9-14(17)12-16(3,4)11-10-13(2)15(18)19/h8-9,13-14,17H,5-7,10-12H2,1-4H3/p+1/b9-8+. The van der Waals surface area contributed by atoms with Crippen molar-refractivity contribution in [2.24, 2.45) is 5.92 Å². The molecule has 0 aromatic heterocycles. The summed E-state index contributed by atoms with van der Waals surface area (Å²) in [7, 11) is 4.05. The van der Waals surface area contributed by atoms with Crippen LogP contribution in [0.15, 0.2) is 12.2 Å². The number of aliphatic carboxylic acids is 1. The molecule has 0 aliphatic heterocycles. The Bertz CT molecular complexity index is 287. The van der Waals surface area contributed by atoms with E-state index in [1.165, 1.54) is 0 Å². The number of nitrogens with zero attached hydrogens (tertiary/aromatic N) is 1. The third kappa shape index (κ3) is 9.68. The first-order valence-corrected chi connectivity index (χ1v) is 7.18. The summed E-state index contributed by atoms with van der Waals surface area (Å²) < 4.78 is 0.636. The quantitative estimate of drug-likeness (QED) is 0.364. The molecule has 0 rings (SSSR count). The van der Waals surface area contributed by atoms with Crippen LogP contribution in [0, 0.1) is 5.92 Å². The van der Waals surface area contributed by atoms with Crippen LogP contribution in [-0.2, 0) is 4.79 Å². The highest BCUT2D eigenvalue weighted by molar-refractivity contribution is 5.69. The minimum absolute atomic E-state index is 0.324. The van der Waals surface area contributed by atoms with Gasteiger partial charge in [-0.05, 0) is 6.42 Å². The molecule has 2 atom stereocenters. The van der Waals surface area contributed by atoms with Gasteiger partial charge < -0.3 is 14.7 Å². The first-order valence-electron chi connectivity index (χ1n) is 7.18. The van der Waals surface area contributed by atoms with Gasteiger partial charge in [0.2, 0.25) is 0 Å². The molecule has 19 heavy (non-hydrogen) atoms. The van der Waals surface area contributed by atoms with E-state index in [1.54, 1.807) is 6.92 Å². The number of unbranched alkanes of at least 4 members (excludes halogenated alkanes) is 2. The van der Waals surface area contributed by atoms with E-state index in [2.05, 4.69) is 6.92 Å². The highest BCUT2D eigenvalue weighted by Gasteiger charge is 2.21. The van der Waals surface area contributed by atoms with Gasteiger partial charge in [-0.1, -0.05) is 38.8 Å². The molecule has 4 nitrogen and oxygen atoms in total. The molecule has 0 aromatic carbocycles. The van der Waals surface area contributed by atoms with Crippen molar-refractivity contribution in [3.05, 3.63) is 12.2 Å². The number of quaternary nitrogens is 1. The summed E-state index contributed by atoms with van der Waals surface area (Å²) in [5.74, 6) is -1.07. The molecule has 0 aromatic rings. The number of likely N-dealkylation sites (N-methyl/N-ethyl adjacent to an activating group) is 1. The smallest absolute Gasteiger partial charge is 0.306 e. The third-order valence-electron chi connectivity index (χ3n) is 3.35. The van der Waals surface area contributed by atoms with Crippen LogP contribution >= 0.6 is 0 Å². The molecule has 112 valence electrons. The Balaban J connectivity index is 4.06. The molecule has 2 N–H and O–H groups in total. The Morgan fingerprint density at radius 3 is 2.53 bits per heavy atom. The maximum absolute atomic E-state index is 10.8. The second-order valence-corrected chi connectivity index (χ2v) is 6.01. The van der Waals surface area contributed by atoms with Gasteiger partial charge in [0.1, 0.15) is 12.6 Å². The Morgan fingerprint density at radius 1 is 1.37 bits per heavy atom. The fourth-order valence-corrected chi connectivity index (χ4v) is 1.90. The SMILES string of the molecule is CCCC/C=C/C(O)C[N+](C)(C)CCC(C)C(=O)O. The van der Waals surface area contributed by atoms with Crippen LogP contribution in [0.3, 0.4) is 0 Å². The zero-order valence-corrected chi connectivity index (χ0v) is 12.8. The minimum atomic E-state index is -0.750. The van der Waals surface area contributed by atoms with Crippen molar-refractivity contribution in [2.45, 2.75) is 45.6 Å². The molecule has 0 aliphatic rings. The summed E-state index contributed by atoms with van der Waals surface area (Å²) in [6, 6.07) is 0. The number of carboxylic acids is 1. The van der Waals surface area contributed by atoms with Crippen molar-refractivity contribution in [2.75, 3.05) is 27.2 Å². The van der Waals surface area contributed by atoms with E-state index in [4.69, 9.17) is 5.11 Å². The van der Waals surface area contributed by atoms with Crippen molar-refractivity contribution in [3.8, 4) is 0 Å². The van der Waals surface area contributed by atoms with Gasteiger partial charge in [-0.15, -0.1) is 0 Å². The van der Waals surface area contributed by atoms with Crippen LogP contribution in [0.2, 0.25) is 0 Å². The molecular weight excluding hydrogens is 242 g/mol. The summed E-state index contributed by atoms with van der Waals surface area (Å²) in [5, 5.41) is 18.8. The van der Waals surface area contributed by atoms with Gasteiger partial charge >= 0.3 is 5.97 Å². The lowest BCUT2D eigenvalue weighted by Crippen LogP contribution is -2.46. The largest absolute Gasteiger partial charge is 0.481 e. The first-order chi connectivity index (χ1) is 8.78. The van der Waals surface area contributed by atoms with E-state index in [-0.39, 0.29) is 5.92 Å². The van der Waals surface area contributed by atoms with Crippen LogP contribution in [0.25, 0.3) is 0 Å². The fraction of sp³-hybridized carbons (Fsp3) is 0.800. The Labute approximate surface area is 117 Å². The topological polar surface area (TPSA) is 57.5 Å². The first kappa shape index (κ1) is 18.1. The summed E-state index contributed by atoms with van der Waals surface area (Å²) in [6.07, 6.45) is 7.40.